The third-order valence-electron chi connectivity index (χ3n) is 7.59. The number of para-hydroxylation sites is 2. The first-order chi connectivity index (χ1) is 19.0. The quantitative estimate of drug-likeness (QED) is 0.259. The average molecular weight is 529 g/mol. The number of halogens is 1. The number of nitrogens with zero attached hydrogens (tertiary/aromatic N) is 3. The minimum absolute atomic E-state index is 0.0303. The molecule has 3 aromatic rings. The summed E-state index contributed by atoms with van der Waals surface area (Å²) in [4.78, 5) is 14.9. The Morgan fingerprint density at radius 2 is 2.00 bits per heavy atom. The number of benzene rings is 2. The topological polar surface area (TPSA) is 73.7 Å². The van der Waals surface area contributed by atoms with Crippen LogP contribution in [0.15, 0.2) is 58.8 Å². The van der Waals surface area contributed by atoms with Gasteiger partial charge in [-0.3, -0.25) is 4.99 Å². The molecule has 1 atom stereocenters. The van der Waals surface area contributed by atoms with Crippen molar-refractivity contribution in [1.82, 2.24) is 14.9 Å². The SMILES string of the molecule is CC1=C(O)C(=NCCCCC#Cc2ccc(F)c(C(OC3CCN(C)CC3)c3nc4ccccc4[nH]3)c2)CC1. The summed E-state index contributed by atoms with van der Waals surface area (Å²) in [5.41, 5.74) is 4.81. The van der Waals surface area contributed by atoms with Gasteiger partial charge >= 0.3 is 0 Å². The number of likely N-dealkylation sites (tertiary alicyclic amines) is 1. The van der Waals surface area contributed by atoms with Gasteiger partial charge in [0.25, 0.3) is 0 Å². The van der Waals surface area contributed by atoms with Crippen molar-refractivity contribution in [3.63, 3.8) is 0 Å². The number of unbranched alkanes of at least 4 members (excludes halogenated alkanes) is 2. The van der Waals surface area contributed by atoms with Crippen molar-refractivity contribution in [2.24, 2.45) is 4.99 Å². The van der Waals surface area contributed by atoms with E-state index >= 15 is 4.39 Å². The Balaban J connectivity index is 1.28. The van der Waals surface area contributed by atoms with E-state index in [0.717, 1.165) is 85.9 Å². The van der Waals surface area contributed by atoms with Crippen LogP contribution in [0.3, 0.4) is 0 Å². The van der Waals surface area contributed by atoms with Gasteiger partial charge in [0.2, 0.25) is 0 Å². The lowest BCUT2D eigenvalue weighted by Gasteiger charge is -2.31. The zero-order valence-electron chi connectivity index (χ0n) is 22.8. The Labute approximate surface area is 230 Å². The van der Waals surface area contributed by atoms with Crippen LogP contribution in [-0.2, 0) is 4.74 Å². The number of rotatable bonds is 8. The summed E-state index contributed by atoms with van der Waals surface area (Å²) in [6.07, 6.45) is 5.48. The van der Waals surface area contributed by atoms with Crippen molar-refractivity contribution < 1.29 is 14.2 Å². The third kappa shape index (κ3) is 6.76. The van der Waals surface area contributed by atoms with Gasteiger partial charge in [0, 0.05) is 37.2 Å². The highest BCUT2D eigenvalue weighted by Gasteiger charge is 2.28. The number of fused-ring (bicyclic) bond motifs is 1. The highest BCUT2D eigenvalue weighted by atomic mass is 19.1. The van der Waals surface area contributed by atoms with Crippen LogP contribution in [0.25, 0.3) is 11.0 Å². The van der Waals surface area contributed by atoms with Gasteiger partial charge in [0.15, 0.2) is 0 Å². The maximum atomic E-state index is 15.3. The Kier molecular flexibility index (Phi) is 8.75. The van der Waals surface area contributed by atoms with Gasteiger partial charge < -0.3 is 19.7 Å². The highest BCUT2D eigenvalue weighted by molar-refractivity contribution is 6.00. The fourth-order valence-corrected chi connectivity index (χ4v) is 5.16. The summed E-state index contributed by atoms with van der Waals surface area (Å²) < 4.78 is 21.8. The van der Waals surface area contributed by atoms with E-state index in [0.29, 0.717) is 23.7 Å². The van der Waals surface area contributed by atoms with Crippen molar-refractivity contribution in [3.05, 3.63) is 76.6 Å². The molecule has 0 spiro atoms. The van der Waals surface area contributed by atoms with Crippen LogP contribution in [0.2, 0.25) is 0 Å². The van der Waals surface area contributed by atoms with Gasteiger partial charge in [-0.25, -0.2) is 9.37 Å². The second-order valence-electron chi connectivity index (χ2n) is 10.6. The van der Waals surface area contributed by atoms with Gasteiger partial charge in [-0.05, 0) is 88.4 Å². The van der Waals surface area contributed by atoms with E-state index in [2.05, 4.69) is 33.8 Å². The van der Waals surface area contributed by atoms with E-state index in [-0.39, 0.29) is 11.9 Å². The number of allylic oxidation sites excluding steroid dienone is 2. The number of hydrogen-bond acceptors (Lipinski definition) is 5. The molecule has 2 heterocycles. The second-order valence-corrected chi connectivity index (χ2v) is 10.6. The largest absolute Gasteiger partial charge is 0.506 e. The summed E-state index contributed by atoms with van der Waals surface area (Å²) in [7, 11) is 2.11. The van der Waals surface area contributed by atoms with E-state index in [1.807, 2.05) is 31.2 Å². The van der Waals surface area contributed by atoms with Gasteiger partial charge in [-0.15, -0.1) is 0 Å². The number of aliphatic hydroxyl groups excluding tert-OH is 1. The molecular weight excluding hydrogens is 491 g/mol. The smallest absolute Gasteiger partial charge is 0.143 e. The lowest BCUT2D eigenvalue weighted by molar-refractivity contribution is -0.0276. The normalized spacial score (nSPS) is 18.6. The molecule has 0 radical (unpaired) electrons. The molecule has 1 aliphatic carbocycles. The first-order valence-electron chi connectivity index (χ1n) is 14.0. The van der Waals surface area contributed by atoms with Gasteiger partial charge in [-0.1, -0.05) is 24.0 Å². The maximum absolute atomic E-state index is 15.3. The molecule has 0 saturated carbocycles. The van der Waals surface area contributed by atoms with Gasteiger partial charge in [0.1, 0.15) is 23.5 Å². The number of aliphatic hydroxyl groups is 1. The second kappa shape index (κ2) is 12.6. The van der Waals surface area contributed by atoms with E-state index in [9.17, 15) is 5.11 Å². The molecule has 2 aromatic carbocycles. The standard InChI is InChI=1S/C32H37FN4O2/c1-22-12-15-29(30(22)38)34-18-8-4-3-5-9-23-13-14-26(33)25(21-23)31(39-24-16-19-37(2)20-17-24)32-35-27-10-6-7-11-28(27)36-32/h6-7,10-11,13-14,21,24,31,38H,3-4,8,12,15-20H2,1-2H3,(H,35,36). The van der Waals surface area contributed by atoms with Crippen LogP contribution >= 0.6 is 0 Å². The lowest BCUT2D eigenvalue weighted by atomic mass is 10.0. The van der Waals surface area contributed by atoms with Crippen molar-refractivity contribution in [3.8, 4) is 11.8 Å². The first-order valence-corrected chi connectivity index (χ1v) is 14.0. The molecule has 1 aliphatic heterocycles. The van der Waals surface area contributed by atoms with Crippen LogP contribution < -0.4 is 0 Å². The predicted octanol–water partition coefficient (Wildman–Crippen LogP) is 6.49. The van der Waals surface area contributed by atoms with E-state index in [1.165, 1.54) is 6.07 Å². The van der Waals surface area contributed by atoms with E-state index in [4.69, 9.17) is 9.72 Å². The molecule has 204 valence electrons. The number of H-pyrrole nitrogens is 1. The summed E-state index contributed by atoms with van der Waals surface area (Å²) in [6, 6.07) is 12.8. The zero-order valence-corrected chi connectivity index (χ0v) is 22.8. The monoisotopic (exact) mass is 528 g/mol. The number of aliphatic imine (C=N–C) groups is 1. The minimum Gasteiger partial charge on any atom is -0.506 e. The van der Waals surface area contributed by atoms with Gasteiger partial charge in [0.05, 0.1) is 22.8 Å². The zero-order chi connectivity index (χ0) is 27.2. The molecule has 1 aromatic heterocycles. The number of aromatic nitrogens is 2. The summed E-state index contributed by atoms with van der Waals surface area (Å²) in [6.45, 7) is 4.56. The minimum atomic E-state index is -0.642. The first kappa shape index (κ1) is 27.1. The Hall–Kier alpha value is -3.47. The molecule has 2 N–H and O–H groups in total. The Morgan fingerprint density at radius 1 is 1.18 bits per heavy atom. The molecule has 1 unspecified atom stereocenters. The summed E-state index contributed by atoms with van der Waals surface area (Å²) >= 11 is 0. The van der Waals surface area contributed by atoms with E-state index in [1.54, 1.807) is 12.1 Å². The number of piperidine rings is 1. The van der Waals surface area contributed by atoms with E-state index < -0.39 is 6.10 Å². The van der Waals surface area contributed by atoms with Crippen molar-refractivity contribution in [2.75, 3.05) is 26.7 Å². The molecule has 0 amide bonds. The van der Waals surface area contributed by atoms with Crippen LogP contribution in [0.1, 0.15) is 74.9 Å². The lowest BCUT2D eigenvalue weighted by Crippen LogP contribution is -2.35. The van der Waals surface area contributed by atoms with Crippen LogP contribution in [-0.4, -0.2) is 58.5 Å². The molecule has 1 fully saturated rings. The van der Waals surface area contributed by atoms with Crippen LogP contribution in [0.4, 0.5) is 4.39 Å². The molecule has 5 rings (SSSR count). The molecule has 6 nitrogen and oxygen atoms in total. The number of nitrogens with one attached hydrogen (secondary N) is 1. The molecule has 39 heavy (non-hydrogen) atoms. The molecule has 2 aliphatic rings. The summed E-state index contributed by atoms with van der Waals surface area (Å²) in [5, 5.41) is 10.0. The number of ether oxygens (including phenoxy) is 1. The average Bonchev–Trinajstić information content (AvgIpc) is 3.51. The fourth-order valence-electron chi connectivity index (χ4n) is 5.16. The Bertz CT molecular complexity index is 1390. The molecular formula is C32H37FN4O2. The number of aromatic amines is 1. The predicted molar refractivity (Wildman–Crippen MR) is 154 cm³/mol. The Morgan fingerprint density at radius 3 is 2.77 bits per heavy atom. The van der Waals surface area contributed by atoms with Crippen LogP contribution in [0.5, 0.6) is 0 Å². The van der Waals surface area contributed by atoms with Gasteiger partial charge in [-0.2, -0.15) is 0 Å². The molecule has 0 bridgehead atoms. The fraction of sp³-hybridized carbons (Fsp3) is 0.438. The van der Waals surface area contributed by atoms with Crippen molar-refractivity contribution in [2.45, 2.75) is 64.1 Å². The maximum Gasteiger partial charge on any atom is 0.143 e. The third-order valence-corrected chi connectivity index (χ3v) is 7.59. The summed E-state index contributed by atoms with van der Waals surface area (Å²) in [5.74, 6) is 7.10. The van der Waals surface area contributed by atoms with Crippen molar-refractivity contribution >= 4 is 16.7 Å². The highest BCUT2D eigenvalue weighted by Crippen LogP contribution is 2.32. The van der Waals surface area contributed by atoms with Crippen LogP contribution in [0, 0.1) is 17.7 Å². The van der Waals surface area contributed by atoms with Crippen molar-refractivity contribution in [1.29, 1.82) is 0 Å². The molecule has 7 heteroatoms. The number of imidazole rings is 1. The number of hydrogen-bond donors (Lipinski definition) is 2. The molecule has 1 saturated heterocycles.